The van der Waals surface area contributed by atoms with E-state index in [0.717, 1.165) is 32.6 Å². The molecule has 2 fully saturated rings. The predicted molar refractivity (Wildman–Crippen MR) is 94.2 cm³/mol. The summed E-state index contributed by atoms with van der Waals surface area (Å²) < 4.78 is 0. The third-order valence-corrected chi connectivity index (χ3v) is 5.43. The largest absolute Gasteiger partial charge is 0.341 e. The van der Waals surface area contributed by atoms with E-state index < -0.39 is 0 Å². The van der Waals surface area contributed by atoms with Gasteiger partial charge in [0.15, 0.2) is 0 Å². The van der Waals surface area contributed by atoms with Gasteiger partial charge in [-0.1, -0.05) is 27.7 Å². The summed E-state index contributed by atoms with van der Waals surface area (Å²) in [6.07, 6.45) is 2.22. The van der Waals surface area contributed by atoms with Crippen molar-refractivity contribution in [3.8, 4) is 0 Å². The minimum Gasteiger partial charge on any atom is -0.341 e. The van der Waals surface area contributed by atoms with Crippen LogP contribution in [0.2, 0.25) is 0 Å². The second-order valence-corrected chi connectivity index (χ2v) is 8.22. The monoisotopic (exact) mass is 331 g/mol. The molecular formula is C17H34ClN3O. The van der Waals surface area contributed by atoms with Crippen molar-refractivity contribution in [2.24, 2.45) is 23.0 Å². The SMILES string of the molecule is CC1CC(C)CN(C(=O)C(C)N2CCC(N)C(C)(C)C2)C1.Cl. The standard InChI is InChI=1S/C17H33N3O.ClH/c1-12-8-13(2)10-20(9-12)16(21)14(3)19-7-6-15(18)17(4,5)11-19;/h12-15H,6-11,18H2,1-5H3;1H. The van der Waals surface area contributed by atoms with E-state index in [4.69, 9.17) is 5.73 Å². The molecule has 2 N–H and O–H groups in total. The number of halogens is 1. The Labute approximate surface area is 142 Å². The molecule has 0 aliphatic carbocycles. The molecule has 5 heteroatoms. The third-order valence-electron chi connectivity index (χ3n) is 5.43. The molecule has 0 aromatic rings. The zero-order valence-corrected chi connectivity index (χ0v) is 15.7. The molecular weight excluding hydrogens is 298 g/mol. The Bertz CT molecular complexity index is 378. The lowest BCUT2D eigenvalue weighted by Crippen LogP contribution is -2.58. The number of nitrogens with two attached hydrogens (primary N) is 1. The number of amides is 1. The summed E-state index contributed by atoms with van der Waals surface area (Å²) in [5.74, 6) is 1.55. The van der Waals surface area contributed by atoms with Crippen LogP contribution in [0.3, 0.4) is 0 Å². The van der Waals surface area contributed by atoms with E-state index in [1.54, 1.807) is 0 Å². The summed E-state index contributed by atoms with van der Waals surface area (Å²) in [5.41, 5.74) is 6.30. The van der Waals surface area contributed by atoms with Crippen molar-refractivity contribution in [3.63, 3.8) is 0 Å². The average Bonchev–Trinajstić information content (AvgIpc) is 2.39. The summed E-state index contributed by atoms with van der Waals surface area (Å²) in [5, 5.41) is 0. The number of likely N-dealkylation sites (tertiary alicyclic amines) is 2. The lowest BCUT2D eigenvalue weighted by atomic mass is 9.79. The molecule has 2 aliphatic heterocycles. The first-order valence-corrected chi connectivity index (χ1v) is 8.49. The van der Waals surface area contributed by atoms with Crippen molar-refractivity contribution in [1.29, 1.82) is 0 Å². The highest BCUT2D eigenvalue weighted by Crippen LogP contribution is 2.29. The number of hydrogen-bond acceptors (Lipinski definition) is 3. The molecule has 0 aromatic heterocycles. The van der Waals surface area contributed by atoms with Crippen molar-refractivity contribution < 1.29 is 4.79 Å². The quantitative estimate of drug-likeness (QED) is 0.845. The minimum absolute atomic E-state index is 0. The summed E-state index contributed by atoms with van der Waals surface area (Å²) >= 11 is 0. The van der Waals surface area contributed by atoms with Crippen molar-refractivity contribution in [3.05, 3.63) is 0 Å². The highest BCUT2D eigenvalue weighted by molar-refractivity contribution is 5.85. The van der Waals surface area contributed by atoms with Gasteiger partial charge in [0.25, 0.3) is 0 Å². The number of piperidine rings is 2. The highest BCUT2D eigenvalue weighted by atomic mass is 35.5. The van der Waals surface area contributed by atoms with Gasteiger partial charge in [-0.15, -0.1) is 12.4 Å². The third kappa shape index (κ3) is 4.36. The summed E-state index contributed by atoms with van der Waals surface area (Å²) in [7, 11) is 0. The van der Waals surface area contributed by atoms with E-state index in [9.17, 15) is 4.79 Å². The lowest BCUT2D eigenvalue weighted by Gasteiger charge is -2.46. The number of carbonyl (C=O) groups excluding carboxylic acids is 1. The lowest BCUT2D eigenvalue weighted by molar-refractivity contribution is -0.140. The Morgan fingerprint density at radius 1 is 1.23 bits per heavy atom. The summed E-state index contributed by atoms with van der Waals surface area (Å²) in [6, 6.07) is 0.223. The Hall–Kier alpha value is -0.320. The van der Waals surface area contributed by atoms with Crippen molar-refractivity contribution in [2.45, 2.75) is 59.5 Å². The van der Waals surface area contributed by atoms with Crippen LogP contribution >= 0.6 is 12.4 Å². The first-order chi connectivity index (χ1) is 9.70. The first kappa shape index (κ1) is 19.7. The summed E-state index contributed by atoms with van der Waals surface area (Å²) in [4.78, 5) is 17.3. The van der Waals surface area contributed by atoms with Crippen LogP contribution in [0.25, 0.3) is 0 Å². The fraction of sp³-hybridized carbons (Fsp3) is 0.941. The van der Waals surface area contributed by atoms with Crippen LogP contribution in [-0.4, -0.2) is 54.0 Å². The van der Waals surface area contributed by atoms with Gasteiger partial charge in [0.2, 0.25) is 5.91 Å². The Balaban J connectivity index is 0.00000242. The molecule has 4 atom stereocenters. The van der Waals surface area contributed by atoms with Crippen molar-refractivity contribution in [1.82, 2.24) is 9.80 Å². The number of hydrogen-bond donors (Lipinski definition) is 1. The van der Waals surface area contributed by atoms with Gasteiger partial charge in [0, 0.05) is 32.2 Å². The molecule has 22 heavy (non-hydrogen) atoms. The Morgan fingerprint density at radius 3 is 2.27 bits per heavy atom. The van der Waals surface area contributed by atoms with Gasteiger partial charge in [-0.2, -0.15) is 0 Å². The predicted octanol–water partition coefficient (Wildman–Crippen LogP) is 2.36. The van der Waals surface area contributed by atoms with Crippen molar-refractivity contribution in [2.75, 3.05) is 26.2 Å². The maximum absolute atomic E-state index is 12.8. The highest BCUT2D eigenvalue weighted by Gasteiger charge is 2.38. The second kappa shape index (κ2) is 7.50. The maximum Gasteiger partial charge on any atom is 0.239 e. The van der Waals surface area contributed by atoms with E-state index >= 15 is 0 Å². The van der Waals surface area contributed by atoms with E-state index in [1.165, 1.54) is 6.42 Å². The van der Waals surface area contributed by atoms with Crippen LogP contribution in [-0.2, 0) is 4.79 Å². The molecule has 130 valence electrons. The Morgan fingerprint density at radius 2 is 1.77 bits per heavy atom. The van der Waals surface area contributed by atoms with Crippen LogP contribution < -0.4 is 5.73 Å². The van der Waals surface area contributed by atoms with E-state index in [0.29, 0.717) is 17.7 Å². The molecule has 2 saturated heterocycles. The van der Waals surface area contributed by atoms with E-state index in [-0.39, 0.29) is 29.9 Å². The second-order valence-electron chi connectivity index (χ2n) is 8.22. The van der Waals surface area contributed by atoms with Crippen LogP contribution in [0.15, 0.2) is 0 Å². The average molecular weight is 332 g/mol. The van der Waals surface area contributed by atoms with Gasteiger partial charge < -0.3 is 10.6 Å². The molecule has 1 amide bonds. The minimum atomic E-state index is -0.0192. The number of rotatable bonds is 2. The van der Waals surface area contributed by atoms with Gasteiger partial charge in [-0.05, 0) is 37.0 Å². The molecule has 0 saturated carbocycles. The fourth-order valence-corrected chi connectivity index (χ4v) is 4.01. The molecule has 4 nitrogen and oxygen atoms in total. The first-order valence-electron chi connectivity index (χ1n) is 8.49. The van der Waals surface area contributed by atoms with Gasteiger partial charge in [0.1, 0.15) is 0 Å². The molecule has 2 heterocycles. The van der Waals surface area contributed by atoms with Crippen LogP contribution in [0.5, 0.6) is 0 Å². The van der Waals surface area contributed by atoms with E-state index in [1.807, 2.05) is 0 Å². The molecule has 4 unspecified atom stereocenters. The topological polar surface area (TPSA) is 49.6 Å². The van der Waals surface area contributed by atoms with Crippen LogP contribution in [0.4, 0.5) is 0 Å². The normalized spacial score (nSPS) is 33.9. The molecule has 2 rings (SSSR count). The molecule has 2 aliphatic rings. The smallest absolute Gasteiger partial charge is 0.239 e. The molecule has 0 radical (unpaired) electrons. The zero-order chi connectivity index (χ0) is 15.8. The maximum atomic E-state index is 12.8. The van der Waals surface area contributed by atoms with Gasteiger partial charge in [0.05, 0.1) is 6.04 Å². The van der Waals surface area contributed by atoms with Gasteiger partial charge >= 0.3 is 0 Å². The zero-order valence-electron chi connectivity index (χ0n) is 14.8. The van der Waals surface area contributed by atoms with Crippen molar-refractivity contribution >= 4 is 18.3 Å². The molecule has 0 spiro atoms. The fourth-order valence-electron chi connectivity index (χ4n) is 4.01. The molecule has 0 aromatic carbocycles. The number of nitrogens with zero attached hydrogens (tertiary/aromatic N) is 2. The van der Waals surface area contributed by atoms with Crippen LogP contribution in [0, 0.1) is 17.3 Å². The van der Waals surface area contributed by atoms with E-state index in [2.05, 4.69) is 44.4 Å². The van der Waals surface area contributed by atoms with Crippen LogP contribution in [0.1, 0.15) is 47.5 Å². The summed E-state index contributed by atoms with van der Waals surface area (Å²) in [6.45, 7) is 14.7. The number of carbonyl (C=O) groups is 1. The van der Waals surface area contributed by atoms with Gasteiger partial charge in [-0.25, -0.2) is 0 Å². The van der Waals surface area contributed by atoms with Gasteiger partial charge in [-0.3, -0.25) is 9.69 Å². The molecule has 0 bridgehead atoms. The Kier molecular flexibility index (Phi) is 6.72.